The Kier molecular flexibility index (Phi) is 9.66. The highest BCUT2D eigenvalue weighted by Gasteiger charge is 2.35. The van der Waals surface area contributed by atoms with E-state index < -0.39 is 12.2 Å². The van der Waals surface area contributed by atoms with Crippen molar-refractivity contribution < 1.29 is 19.4 Å². The van der Waals surface area contributed by atoms with Gasteiger partial charge < -0.3 is 31.5 Å². The second kappa shape index (κ2) is 11.8. The van der Waals surface area contributed by atoms with E-state index in [1.807, 2.05) is 45.9 Å². The molecular weight excluding hydrogens is 422 g/mol. The molecule has 0 aromatic heterocycles. The smallest absolute Gasteiger partial charge is 0.414 e. The van der Waals surface area contributed by atoms with Crippen LogP contribution in [0.2, 0.25) is 0 Å². The Bertz CT molecular complexity index is 806. The number of ether oxygens (including phenoxy) is 1. The zero-order chi connectivity index (χ0) is 24.9. The van der Waals surface area contributed by atoms with Gasteiger partial charge in [0.05, 0.1) is 29.6 Å². The lowest BCUT2D eigenvalue weighted by Gasteiger charge is -2.40. The van der Waals surface area contributed by atoms with Gasteiger partial charge in [0.15, 0.2) is 0 Å². The maximum Gasteiger partial charge on any atom is 0.414 e. The number of carbonyl (C=O) groups is 2. The molecule has 1 aliphatic rings. The summed E-state index contributed by atoms with van der Waals surface area (Å²) < 4.78 is 5.46. The van der Waals surface area contributed by atoms with Gasteiger partial charge in [0.25, 0.3) is 0 Å². The van der Waals surface area contributed by atoms with Crippen molar-refractivity contribution in [1.82, 2.24) is 5.32 Å². The van der Waals surface area contributed by atoms with Crippen molar-refractivity contribution in [3.63, 3.8) is 0 Å². The molecule has 5 atom stereocenters. The number of hydrogen-bond donors (Lipinski definition) is 4. The van der Waals surface area contributed by atoms with Crippen molar-refractivity contribution >= 4 is 23.4 Å². The number of aliphatic hydroxyl groups is 1. The Morgan fingerprint density at radius 2 is 1.88 bits per heavy atom. The number of benzene rings is 1. The summed E-state index contributed by atoms with van der Waals surface area (Å²) in [6.07, 6.45) is -1.20. The first-order valence-corrected chi connectivity index (χ1v) is 11.7. The second-order valence-corrected chi connectivity index (χ2v) is 9.38. The molecule has 6 N–H and O–H groups in total. The summed E-state index contributed by atoms with van der Waals surface area (Å²) in [4.78, 5) is 28.5. The number of nitrogens with two attached hydrogens (primary N) is 2. The summed E-state index contributed by atoms with van der Waals surface area (Å²) in [7, 11) is 0. The summed E-state index contributed by atoms with van der Waals surface area (Å²) in [5.41, 5.74) is 14.4. The SMILES string of the molecule is CC(=O)N1c2ccc(C(CN)CNCC(C(C)N)C(C)O)cc2N(C(=O)OC(C)C)C[C@@H]1C. The average molecular weight is 464 g/mol. The third-order valence-electron chi connectivity index (χ3n) is 6.16. The van der Waals surface area contributed by atoms with Crippen LogP contribution in [-0.2, 0) is 9.53 Å². The van der Waals surface area contributed by atoms with E-state index in [0.717, 1.165) is 5.56 Å². The maximum atomic E-state index is 12.8. The van der Waals surface area contributed by atoms with Crippen molar-refractivity contribution in [2.75, 3.05) is 36.0 Å². The molecule has 1 aromatic rings. The Hall–Kier alpha value is -2.20. The van der Waals surface area contributed by atoms with Crippen molar-refractivity contribution in [3.8, 4) is 0 Å². The lowest BCUT2D eigenvalue weighted by atomic mass is 9.94. The molecule has 9 nitrogen and oxygen atoms in total. The summed E-state index contributed by atoms with van der Waals surface area (Å²) >= 11 is 0. The number of aliphatic hydroxyl groups excluding tert-OH is 1. The van der Waals surface area contributed by atoms with Gasteiger partial charge in [0.1, 0.15) is 0 Å². The molecule has 33 heavy (non-hydrogen) atoms. The van der Waals surface area contributed by atoms with Crippen LogP contribution in [-0.4, -0.2) is 67.6 Å². The van der Waals surface area contributed by atoms with Crippen LogP contribution in [0.4, 0.5) is 16.2 Å². The fraction of sp³-hybridized carbons (Fsp3) is 0.667. The van der Waals surface area contributed by atoms with Crippen molar-refractivity contribution in [3.05, 3.63) is 23.8 Å². The van der Waals surface area contributed by atoms with Crippen LogP contribution in [0.25, 0.3) is 0 Å². The van der Waals surface area contributed by atoms with Gasteiger partial charge in [-0.25, -0.2) is 4.79 Å². The average Bonchev–Trinajstić information content (AvgIpc) is 2.71. The minimum absolute atomic E-state index is 0.0221. The van der Waals surface area contributed by atoms with E-state index in [1.54, 1.807) is 16.7 Å². The first kappa shape index (κ1) is 27.0. The maximum absolute atomic E-state index is 12.8. The molecule has 4 unspecified atom stereocenters. The molecule has 0 saturated heterocycles. The molecule has 0 aliphatic carbocycles. The topological polar surface area (TPSA) is 134 Å². The van der Waals surface area contributed by atoms with E-state index in [0.29, 0.717) is 37.6 Å². The van der Waals surface area contributed by atoms with Gasteiger partial charge in [-0.3, -0.25) is 9.69 Å². The molecule has 0 radical (unpaired) electrons. The number of carbonyl (C=O) groups excluding carboxylic acids is 2. The Morgan fingerprint density at radius 1 is 1.21 bits per heavy atom. The van der Waals surface area contributed by atoms with Gasteiger partial charge in [-0.15, -0.1) is 0 Å². The molecule has 1 heterocycles. The molecule has 0 spiro atoms. The number of fused-ring (bicyclic) bond motifs is 1. The predicted molar refractivity (Wildman–Crippen MR) is 132 cm³/mol. The van der Waals surface area contributed by atoms with Crippen molar-refractivity contribution in [2.24, 2.45) is 17.4 Å². The highest BCUT2D eigenvalue weighted by atomic mass is 16.6. The number of hydrogen-bond acceptors (Lipinski definition) is 7. The van der Waals surface area contributed by atoms with Crippen molar-refractivity contribution in [1.29, 1.82) is 0 Å². The molecule has 1 aliphatic heterocycles. The van der Waals surface area contributed by atoms with Crippen molar-refractivity contribution in [2.45, 2.75) is 71.8 Å². The van der Waals surface area contributed by atoms with Crippen LogP contribution in [0.5, 0.6) is 0 Å². The summed E-state index contributed by atoms with van der Waals surface area (Å²) in [6.45, 7) is 12.6. The van der Waals surface area contributed by atoms with Crippen LogP contribution in [0.1, 0.15) is 53.0 Å². The molecule has 0 bridgehead atoms. The van der Waals surface area contributed by atoms with E-state index in [4.69, 9.17) is 16.2 Å². The van der Waals surface area contributed by atoms with E-state index in [1.165, 1.54) is 6.92 Å². The monoisotopic (exact) mass is 463 g/mol. The highest BCUT2D eigenvalue weighted by molar-refractivity contribution is 6.02. The Morgan fingerprint density at radius 3 is 2.39 bits per heavy atom. The third kappa shape index (κ3) is 6.66. The molecule has 2 amide bonds. The van der Waals surface area contributed by atoms with E-state index in [-0.39, 0.29) is 35.9 Å². The van der Waals surface area contributed by atoms with Crippen LogP contribution in [0.3, 0.4) is 0 Å². The number of anilines is 2. The quantitative estimate of drug-likeness (QED) is 0.438. The molecule has 2 rings (SSSR count). The van der Waals surface area contributed by atoms with Gasteiger partial charge >= 0.3 is 6.09 Å². The van der Waals surface area contributed by atoms with Crippen LogP contribution < -0.4 is 26.6 Å². The summed E-state index contributed by atoms with van der Waals surface area (Å²) in [6, 6.07) is 5.44. The number of amides is 2. The number of nitrogens with zero attached hydrogens (tertiary/aromatic N) is 2. The van der Waals surface area contributed by atoms with Gasteiger partial charge in [0.2, 0.25) is 5.91 Å². The fourth-order valence-corrected chi connectivity index (χ4v) is 4.37. The summed E-state index contributed by atoms with van der Waals surface area (Å²) in [5, 5.41) is 13.3. The van der Waals surface area contributed by atoms with Crippen LogP contribution >= 0.6 is 0 Å². The largest absolute Gasteiger partial charge is 0.446 e. The lowest BCUT2D eigenvalue weighted by molar-refractivity contribution is -0.117. The van der Waals surface area contributed by atoms with Crippen LogP contribution in [0, 0.1) is 5.92 Å². The van der Waals surface area contributed by atoms with Gasteiger partial charge in [-0.1, -0.05) is 6.07 Å². The number of nitrogens with one attached hydrogen (secondary N) is 1. The van der Waals surface area contributed by atoms with E-state index in [9.17, 15) is 14.7 Å². The van der Waals surface area contributed by atoms with E-state index >= 15 is 0 Å². The molecule has 0 fully saturated rings. The standard InChI is InChI=1S/C24H41N5O4/c1-14(2)33-24(32)28-13-15(3)29(18(6)31)22-8-7-19(9-23(22)28)20(10-25)11-27-12-21(16(4)26)17(5)30/h7-9,14-17,20-21,27,30H,10-13,25-26H2,1-6H3/t15-,16?,17?,20?,21?/m0/s1. The minimum Gasteiger partial charge on any atom is -0.446 e. The Labute approximate surface area is 197 Å². The fourth-order valence-electron chi connectivity index (χ4n) is 4.37. The zero-order valence-electron chi connectivity index (χ0n) is 20.7. The normalized spacial score (nSPS) is 19.6. The highest BCUT2D eigenvalue weighted by Crippen LogP contribution is 2.38. The first-order valence-electron chi connectivity index (χ1n) is 11.7. The number of rotatable bonds is 9. The molecule has 1 aromatic carbocycles. The lowest BCUT2D eigenvalue weighted by Crippen LogP contribution is -2.51. The Balaban J connectivity index is 2.32. The molecule has 0 saturated carbocycles. The van der Waals surface area contributed by atoms with Gasteiger partial charge in [0, 0.05) is 51.0 Å². The molecule has 186 valence electrons. The van der Waals surface area contributed by atoms with Gasteiger partial charge in [-0.2, -0.15) is 0 Å². The second-order valence-electron chi connectivity index (χ2n) is 9.38. The first-order chi connectivity index (χ1) is 15.5. The molecule has 9 heteroatoms. The van der Waals surface area contributed by atoms with E-state index in [2.05, 4.69) is 5.32 Å². The zero-order valence-corrected chi connectivity index (χ0v) is 20.7. The summed E-state index contributed by atoms with van der Waals surface area (Å²) in [5.74, 6) is -0.171. The molecular formula is C24H41N5O4. The van der Waals surface area contributed by atoms with Crippen LogP contribution in [0.15, 0.2) is 18.2 Å². The predicted octanol–water partition coefficient (Wildman–Crippen LogP) is 1.77. The third-order valence-corrected chi connectivity index (χ3v) is 6.16. The van der Waals surface area contributed by atoms with Gasteiger partial charge in [-0.05, 0) is 52.3 Å². The minimum atomic E-state index is -0.516.